The van der Waals surface area contributed by atoms with Gasteiger partial charge in [0.1, 0.15) is 29.4 Å². The van der Waals surface area contributed by atoms with Gasteiger partial charge in [-0.2, -0.15) is 0 Å². The first kappa shape index (κ1) is 74.0. The van der Waals surface area contributed by atoms with Gasteiger partial charge < -0.3 is 25.1 Å². The van der Waals surface area contributed by atoms with Gasteiger partial charge in [0.25, 0.3) is 0 Å². The maximum atomic E-state index is 11.5. The van der Waals surface area contributed by atoms with Gasteiger partial charge in [-0.3, -0.25) is 9.78 Å². The highest BCUT2D eigenvalue weighted by molar-refractivity contribution is 9.10. The maximum Gasteiger partial charge on any atom is 0.356 e. The number of aromatic nitrogens is 4. The number of ether oxygens (including phenoxy) is 3. The van der Waals surface area contributed by atoms with Crippen LogP contribution in [0.5, 0.6) is 0 Å². The lowest BCUT2D eigenvalue weighted by Crippen LogP contribution is -2.08. The number of rotatable bonds is 10. The average molecular weight is 1420 g/mol. The van der Waals surface area contributed by atoms with E-state index in [1.165, 1.54) is 99.2 Å². The van der Waals surface area contributed by atoms with Gasteiger partial charge >= 0.3 is 17.9 Å². The highest BCUT2D eigenvalue weighted by Crippen LogP contribution is 2.48. The normalized spacial score (nSPS) is 11.7. The first-order valence-electron chi connectivity index (χ1n) is 32.4. The predicted octanol–water partition coefficient (Wildman–Crippen LogP) is 18.3. The number of aliphatic hydroxyl groups is 1. The van der Waals surface area contributed by atoms with Crippen molar-refractivity contribution in [2.24, 2.45) is 10.7 Å². The molecule has 4 heterocycles. The second-order valence-electron chi connectivity index (χ2n) is 23.0. The summed E-state index contributed by atoms with van der Waals surface area (Å²) in [6.45, 7) is 3.50. The third-order valence-electron chi connectivity index (χ3n) is 17.3. The molecule has 14 nitrogen and oxygen atoms in total. The van der Waals surface area contributed by atoms with Crippen molar-refractivity contribution >= 4 is 63.4 Å². The summed E-state index contributed by atoms with van der Waals surface area (Å²) in [4.78, 5) is 66.4. The van der Waals surface area contributed by atoms with Crippen LogP contribution < -0.4 is 5.73 Å². The molecule has 8 aromatic carbocycles. The zero-order valence-corrected chi connectivity index (χ0v) is 58.1. The molecule has 4 aliphatic rings. The molecule has 0 saturated heterocycles. The van der Waals surface area contributed by atoms with Crippen LogP contribution in [0.25, 0.3) is 44.5 Å². The molecule has 3 N–H and O–H groups in total. The van der Waals surface area contributed by atoms with Crippen LogP contribution in [0.2, 0.25) is 0 Å². The topological polar surface area (TPSA) is 206 Å². The largest absolute Gasteiger partial charge is 0.464 e. The number of aliphatic imine (C=N–C) groups is 1. The minimum atomic E-state index is -0.504. The molecule has 0 amide bonds. The average Bonchev–Trinajstić information content (AvgIpc) is 1.63. The summed E-state index contributed by atoms with van der Waals surface area (Å²) in [5, 5.41) is 8.92. The molecule has 508 valence electrons. The molecule has 0 fully saturated rings. The van der Waals surface area contributed by atoms with Gasteiger partial charge in [-0.05, 0) is 154 Å². The summed E-state index contributed by atoms with van der Waals surface area (Å²) in [5.41, 5.74) is 31.5. The smallest absolute Gasteiger partial charge is 0.356 e. The van der Waals surface area contributed by atoms with Gasteiger partial charge in [0, 0.05) is 46.0 Å². The first-order valence-corrected chi connectivity index (χ1v) is 33.2. The number of fused-ring (bicyclic) bond motifs is 12. The van der Waals surface area contributed by atoms with Gasteiger partial charge in [-0.15, -0.1) is 12.4 Å². The van der Waals surface area contributed by atoms with Crippen molar-refractivity contribution in [2.45, 2.75) is 52.0 Å². The standard InChI is InChI=1S/2C21H17NO2.C20H14N2O2.C13H11N.C7H6BrNO2.C2H6.CH4.ClH/c1-24-21(23)20-11-10-14(13-22-20)12-19-17-8-4-2-6-15(17)16-7-3-5-9-18(16)19;23-13-21(24)20-10-9-14(12-22-20)11-19-17-7-3-1-5-15(17)16-6-2-4-8-18(16)19;1-24-20(23)18-11-10-13(12-21-18)22-19-16-8-4-2-6-14(16)15-7-3-5-9-17(15)19;14-13-11-7-3-1-5-9(11)10-6-2-4-8-12(10)13;1-11-7(10)6-3-2-5(8)4-9-6;1-2;;/h2-11,13,19H,12H2,1H3;1-10,12,19,23H,11,13H2;2-12H,1H3;1-8,13H,14H2;2-4H,1H3;1-2H3;1H4;1H. The number of halogens is 2. The number of hydrogen-bond acceptors (Lipinski definition) is 14. The van der Waals surface area contributed by atoms with Crippen LogP contribution in [0.1, 0.15) is 137 Å². The molecule has 0 bridgehead atoms. The predicted molar refractivity (Wildman–Crippen MR) is 405 cm³/mol. The number of nitrogens with two attached hydrogens (primary N) is 1. The quantitative estimate of drug-likeness (QED) is 0.0743. The monoisotopic (exact) mass is 1420 g/mol. The minimum Gasteiger partial charge on any atom is -0.464 e. The molecule has 4 aliphatic carbocycles. The van der Waals surface area contributed by atoms with E-state index in [0.717, 1.165) is 45.3 Å². The molecular formula is C85H76BrClN6O8. The van der Waals surface area contributed by atoms with Crippen LogP contribution in [0, 0.1) is 0 Å². The van der Waals surface area contributed by atoms with Gasteiger partial charge in [0.2, 0.25) is 5.78 Å². The Morgan fingerprint density at radius 3 is 1.01 bits per heavy atom. The van der Waals surface area contributed by atoms with E-state index in [9.17, 15) is 19.2 Å². The summed E-state index contributed by atoms with van der Waals surface area (Å²) in [6, 6.07) is 81.5. The SMILES string of the molecule is C.CC.COC(=O)c1ccc(Br)cn1.COC(=O)c1ccc(CC2c3ccccc3-c3ccccc32)cn1.COC(=O)c1ccc(N=C2c3ccccc3-c3ccccc32)cn1.Cl.NC1c2ccccc2-c2ccccc21.O=C(CO)c1ccc(CC2c3ccccc3-c3ccccc32)cn1. The van der Waals surface area contributed by atoms with Crippen molar-refractivity contribution in [2.75, 3.05) is 27.9 Å². The number of methoxy groups -OCH3 is 3. The van der Waals surface area contributed by atoms with E-state index in [1.54, 1.807) is 61.2 Å². The Kier molecular flexibility index (Phi) is 25.7. The second kappa shape index (κ2) is 35.0. The van der Waals surface area contributed by atoms with Crippen LogP contribution in [0.3, 0.4) is 0 Å². The molecule has 0 saturated carbocycles. The second-order valence-corrected chi connectivity index (χ2v) is 23.9. The number of hydrogen-bond donors (Lipinski definition) is 2. The van der Waals surface area contributed by atoms with Crippen molar-refractivity contribution in [1.29, 1.82) is 0 Å². The van der Waals surface area contributed by atoms with Gasteiger partial charge in [0.05, 0.1) is 45.0 Å². The van der Waals surface area contributed by atoms with E-state index in [2.05, 4.69) is 203 Å². The summed E-state index contributed by atoms with van der Waals surface area (Å²) in [7, 11) is 4.03. The van der Waals surface area contributed by atoms with Crippen molar-refractivity contribution in [1.82, 2.24) is 19.9 Å². The summed E-state index contributed by atoms with van der Waals surface area (Å²) in [6.07, 6.45) is 8.36. The van der Waals surface area contributed by atoms with Gasteiger partial charge in [-0.25, -0.2) is 34.3 Å². The van der Waals surface area contributed by atoms with Gasteiger partial charge in [0.15, 0.2) is 0 Å². The fraction of sp³-hybridized carbons (Fsp3) is 0.141. The van der Waals surface area contributed by atoms with E-state index in [-0.39, 0.29) is 37.4 Å². The fourth-order valence-corrected chi connectivity index (χ4v) is 12.9. The number of ketones is 1. The number of carbonyl (C=O) groups is 4. The van der Waals surface area contributed by atoms with Crippen LogP contribution in [0.15, 0.2) is 277 Å². The van der Waals surface area contributed by atoms with E-state index >= 15 is 0 Å². The third-order valence-corrected chi connectivity index (χ3v) is 17.8. The number of carbonyl (C=O) groups excluding carboxylic acids is 4. The van der Waals surface area contributed by atoms with Crippen molar-refractivity contribution in [3.63, 3.8) is 0 Å². The lowest BCUT2D eigenvalue weighted by Gasteiger charge is -2.13. The number of benzene rings is 8. The molecule has 16 heteroatoms. The molecule has 16 rings (SSSR count). The number of aliphatic hydroxyl groups excluding tert-OH is 1. The van der Waals surface area contributed by atoms with Crippen LogP contribution in [-0.2, 0) is 27.1 Å². The van der Waals surface area contributed by atoms with Crippen molar-refractivity contribution in [3.05, 3.63) is 350 Å². The molecule has 0 spiro atoms. The third kappa shape index (κ3) is 16.6. The number of esters is 3. The number of nitrogens with zero attached hydrogens (tertiary/aromatic N) is 5. The van der Waals surface area contributed by atoms with E-state index in [1.807, 2.05) is 62.4 Å². The molecule has 0 unspecified atom stereocenters. The Morgan fingerprint density at radius 2 is 0.693 bits per heavy atom. The highest BCUT2D eigenvalue weighted by Gasteiger charge is 2.31. The molecule has 12 aromatic rings. The van der Waals surface area contributed by atoms with Crippen molar-refractivity contribution < 1.29 is 38.5 Å². The molecular weight excluding hydrogens is 1350 g/mol. The molecule has 4 aromatic heterocycles. The lowest BCUT2D eigenvalue weighted by atomic mass is 9.90. The summed E-state index contributed by atoms with van der Waals surface area (Å²) >= 11 is 3.20. The lowest BCUT2D eigenvalue weighted by molar-refractivity contribution is 0.0585. The minimum absolute atomic E-state index is 0. The Hall–Kier alpha value is -11.2. The molecule has 0 atom stereocenters. The zero-order valence-electron chi connectivity index (χ0n) is 55.7. The van der Waals surface area contributed by atoms with Crippen LogP contribution in [0.4, 0.5) is 5.69 Å². The summed E-state index contributed by atoms with van der Waals surface area (Å²) < 4.78 is 14.7. The Morgan fingerprint density at radius 1 is 0.396 bits per heavy atom. The highest BCUT2D eigenvalue weighted by atomic mass is 79.9. The molecule has 101 heavy (non-hydrogen) atoms. The van der Waals surface area contributed by atoms with E-state index in [4.69, 9.17) is 20.6 Å². The number of pyridine rings is 4. The van der Waals surface area contributed by atoms with Gasteiger partial charge in [-0.1, -0.05) is 228 Å². The molecule has 0 aliphatic heterocycles. The van der Waals surface area contributed by atoms with Crippen molar-refractivity contribution in [3.8, 4) is 44.5 Å². The Bertz CT molecular complexity index is 4560. The summed E-state index contributed by atoms with van der Waals surface area (Å²) in [5.74, 6) is -0.999. The molecule has 0 radical (unpaired) electrons. The van der Waals surface area contributed by atoms with Crippen LogP contribution in [-0.4, -0.2) is 82.4 Å². The van der Waals surface area contributed by atoms with E-state index < -0.39 is 24.5 Å². The van der Waals surface area contributed by atoms with Crippen LogP contribution >= 0.6 is 28.3 Å². The Balaban J connectivity index is 0.000000149. The fourth-order valence-electron chi connectivity index (χ4n) is 12.7. The zero-order chi connectivity index (χ0) is 69.4. The number of Topliss-reactive ketones (excluding diaryl/α,β-unsaturated/α-hetero) is 1. The van der Waals surface area contributed by atoms with E-state index in [0.29, 0.717) is 34.6 Å². The Labute approximate surface area is 603 Å². The maximum absolute atomic E-state index is 11.5. The first-order chi connectivity index (χ1) is 48.4.